The number of amides is 1. The van der Waals surface area contributed by atoms with Crippen molar-refractivity contribution in [2.45, 2.75) is 45.8 Å². The van der Waals surface area contributed by atoms with Crippen LogP contribution >= 0.6 is 0 Å². The number of nitrogens with zero attached hydrogens (tertiary/aromatic N) is 3. The molecule has 1 fully saturated rings. The van der Waals surface area contributed by atoms with E-state index < -0.39 is 46.9 Å². The second-order valence-corrected chi connectivity index (χ2v) is 11.1. The maximum atomic E-state index is 15.5. The molecule has 2 unspecified atom stereocenters. The van der Waals surface area contributed by atoms with Crippen LogP contribution in [0.2, 0.25) is 0 Å². The van der Waals surface area contributed by atoms with Gasteiger partial charge in [0, 0.05) is 36.6 Å². The van der Waals surface area contributed by atoms with E-state index in [0.717, 1.165) is 22.8 Å². The number of allylic oxidation sites excluding steroid dienone is 6. The molecule has 11 nitrogen and oxygen atoms in total. The van der Waals surface area contributed by atoms with E-state index in [1.807, 2.05) is 6.92 Å². The van der Waals surface area contributed by atoms with Crippen molar-refractivity contribution in [1.82, 2.24) is 14.5 Å². The summed E-state index contributed by atoms with van der Waals surface area (Å²) < 4.78 is 54.8. The number of aliphatic imine (C=N–C) groups is 1. The average Bonchev–Trinajstić information content (AvgIpc) is 3.03. The fourth-order valence-electron chi connectivity index (χ4n) is 5.62. The highest BCUT2D eigenvalue weighted by Crippen LogP contribution is 2.42. The van der Waals surface area contributed by atoms with Crippen LogP contribution in [0.5, 0.6) is 0 Å². The van der Waals surface area contributed by atoms with E-state index in [1.165, 1.54) is 22.9 Å². The molecule has 46 heavy (non-hydrogen) atoms. The number of hydrogen-bond donors (Lipinski definition) is 1. The topological polar surface area (TPSA) is 122 Å². The fourth-order valence-corrected chi connectivity index (χ4v) is 5.62. The molecule has 1 aromatic carbocycles. The summed E-state index contributed by atoms with van der Waals surface area (Å²) in [5.74, 6) is -0.980. The van der Waals surface area contributed by atoms with Crippen LogP contribution in [-0.4, -0.2) is 47.2 Å². The number of benzene rings is 1. The molecule has 4 aliphatic rings. The Morgan fingerprint density at radius 1 is 1.13 bits per heavy atom. The first kappa shape index (κ1) is 31.0. The van der Waals surface area contributed by atoms with E-state index in [2.05, 4.69) is 10.3 Å². The Labute approximate surface area is 262 Å². The number of hydrogen-bond acceptors (Lipinski definition) is 8. The number of dihydropyridines is 1. The Balaban J connectivity index is 1.24. The number of rotatable bonds is 8. The second-order valence-electron chi connectivity index (χ2n) is 11.1. The molecule has 0 radical (unpaired) electrons. The van der Waals surface area contributed by atoms with Crippen molar-refractivity contribution in [3.63, 3.8) is 0 Å². The monoisotopic (exact) mass is 634 g/mol. The molecule has 1 amide bonds. The van der Waals surface area contributed by atoms with E-state index in [-0.39, 0.29) is 35.5 Å². The Morgan fingerprint density at radius 3 is 2.63 bits per heavy atom. The van der Waals surface area contributed by atoms with Gasteiger partial charge in [-0.25, -0.2) is 18.1 Å². The van der Waals surface area contributed by atoms with Crippen LogP contribution in [0.3, 0.4) is 0 Å². The summed E-state index contributed by atoms with van der Waals surface area (Å²) in [6.07, 6.45) is 7.06. The Morgan fingerprint density at radius 2 is 1.91 bits per heavy atom. The predicted molar refractivity (Wildman–Crippen MR) is 163 cm³/mol. The molecule has 1 aromatic heterocycles. The first-order chi connectivity index (χ1) is 22.2. The molecule has 13 heteroatoms. The summed E-state index contributed by atoms with van der Waals surface area (Å²) in [4.78, 5) is 44.3. The van der Waals surface area contributed by atoms with Crippen LogP contribution in [0.15, 0.2) is 104 Å². The van der Waals surface area contributed by atoms with Gasteiger partial charge in [-0.15, -0.1) is 0 Å². The predicted octanol–water partition coefficient (Wildman–Crippen LogP) is 4.47. The molecular weight excluding hydrogens is 602 g/mol. The van der Waals surface area contributed by atoms with E-state index in [1.54, 1.807) is 32.2 Å². The lowest BCUT2D eigenvalue weighted by atomic mass is 9.87. The summed E-state index contributed by atoms with van der Waals surface area (Å²) in [5.41, 5.74) is -0.950. The Bertz CT molecular complexity index is 1880. The van der Waals surface area contributed by atoms with Gasteiger partial charge in [-0.1, -0.05) is 0 Å². The molecule has 2 atom stereocenters. The molecule has 0 spiro atoms. The minimum atomic E-state index is -0.889. The molecule has 0 saturated carbocycles. The molecule has 6 rings (SSSR count). The van der Waals surface area contributed by atoms with Crippen LogP contribution in [0, 0.1) is 11.7 Å². The number of carbonyl (C=O) groups is 1. The number of fused-ring (bicyclic) bond motifs is 3. The van der Waals surface area contributed by atoms with Gasteiger partial charge < -0.3 is 24.3 Å². The van der Waals surface area contributed by atoms with Crippen molar-refractivity contribution in [3.8, 4) is 5.69 Å². The molecule has 2 aliphatic heterocycles. The summed E-state index contributed by atoms with van der Waals surface area (Å²) in [5, 5.41) is 2.61. The molecule has 2 aliphatic carbocycles. The van der Waals surface area contributed by atoms with E-state index >= 15 is 4.39 Å². The van der Waals surface area contributed by atoms with E-state index in [4.69, 9.17) is 18.9 Å². The quantitative estimate of drug-likeness (QED) is 0.455. The average molecular weight is 635 g/mol. The number of ether oxygens (including phenoxy) is 4. The van der Waals surface area contributed by atoms with Gasteiger partial charge in [0.25, 0.3) is 11.5 Å². The summed E-state index contributed by atoms with van der Waals surface area (Å²) in [7, 11) is 0. The standard InChI is InChI=1S/C33H32F2N4O7/c1-4-43-27-16-24-28(30-29(27)44-13-14-45-30)26(11-12-36-24)46-25-10-7-20(15-23(25)35)37-31(40)22-17-38(18(2)3)33(42)39(32(22)41)21-8-5-19(34)6-9-21/h5-6,8-9,11-12,15-18,28,30H,4,7,10,13-14H2,1-3H3,(H,37,40). The maximum Gasteiger partial charge on any atom is 0.335 e. The normalized spacial score (nSPS) is 20.7. The van der Waals surface area contributed by atoms with Crippen molar-refractivity contribution in [2.24, 2.45) is 10.9 Å². The number of aromatic nitrogens is 2. The molecule has 240 valence electrons. The van der Waals surface area contributed by atoms with Crippen LogP contribution in [0.25, 0.3) is 5.69 Å². The Hall–Kier alpha value is -5.04. The third-order valence-electron chi connectivity index (χ3n) is 7.81. The summed E-state index contributed by atoms with van der Waals surface area (Å²) >= 11 is 0. The molecule has 3 heterocycles. The lowest BCUT2D eigenvalue weighted by molar-refractivity contribution is -0.0703. The fraction of sp³-hybridized carbons (Fsp3) is 0.333. The number of halogens is 2. The van der Waals surface area contributed by atoms with Crippen molar-refractivity contribution in [1.29, 1.82) is 0 Å². The highest BCUT2D eigenvalue weighted by atomic mass is 19.1. The molecule has 2 aromatic rings. The van der Waals surface area contributed by atoms with Gasteiger partial charge in [0.05, 0.1) is 30.5 Å². The van der Waals surface area contributed by atoms with Gasteiger partial charge in [-0.2, -0.15) is 0 Å². The smallest absolute Gasteiger partial charge is 0.335 e. The third-order valence-corrected chi connectivity index (χ3v) is 7.81. The molecule has 1 saturated heterocycles. The Kier molecular flexibility index (Phi) is 8.59. The first-order valence-electron chi connectivity index (χ1n) is 15.0. The van der Waals surface area contributed by atoms with E-state index in [0.29, 0.717) is 42.8 Å². The van der Waals surface area contributed by atoms with Gasteiger partial charge in [-0.05, 0) is 63.6 Å². The van der Waals surface area contributed by atoms with Crippen LogP contribution in [0.4, 0.5) is 8.78 Å². The minimum Gasteiger partial charge on any atom is -0.490 e. The number of carbonyl (C=O) groups excluding carboxylic acids is 1. The van der Waals surface area contributed by atoms with Crippen molar-refractivity contribution >= 4 is 12.1 Å². The lowest BCUT2D eigenvalue weighted by Crippen LogP contribution is -2.43. The molecule has 1 N–H and O–H groups in total. The zero-order valence-electron chi connectivity index (χ0n) is 25.4. The SMILES string of the molecule is CCOC1=C2OCCOC2C2C(=C1)N=CC=C2OC1=C(F)C=C(NC(=O)c2cn(C(C)C)c(=O)n(-c3ccc(F)cc3)c2=O)CC1. The van der Waals surface area contributed by atoms with Gasteiger partial charge in [-0.3, -0.25) is 19.1 Å². The third kappa shape index (κ3) is 5.85. The van der Waals surface area contributed by atoms with Crippen LogP contribution < -0.4 is 16.6 Å². The zero-order valence-corrected chi connectivity index (χ0v) is 25.4. The highest BCUT2D eigenvalue weighted by Gasteiger charge is 2.43. The summed E-state index contributed by atoms with van der Waals surface area (Å²) in [6, 6.07) is 4.37. The lowest BCUT2D eigenvalue weighted by Gasteiger charge is -2.38. The molecular formula is C33H32F2N4O7. The number of nitrogens with one attached hydrogen (secondary N) is 1. The van der Waals surface area contributed by atoms with E-state index in [9.17, 15) is 18.8 Å². The van der Waals surface area contributed by atoms with Crippen LogP contribution in [0.1, 0.15) is 50.0 Å². The van der Waals surface area contributed by atoms with Crippen molar-refractivity contribution < 1.29 is 32.5 Å². The zero-order chi connectivity index (χ0) is 32.5. The first-order valence-corrected chi connectivity index (χ1v) is 15.0. The highest BCUT2D eigenvalue weighted by molar-refractivity contribution is 5.94. The second kappa shape index (κ2) is 12.8. The van der Waals surface area contributed by atoms with Gasteiger partial charge >= 0.3 is 5.69 Å². The largest absolute Gasteiger partial charge is 0.490 e. The van der Waals surface area contributed by atoms with Gasteiger partial charge in [0.1, 0.15) is 35.6 Å². The van der Waals surface area contributed by atoms with Gasteiger partial charge in [0.2, 0.25) is 0 Å². The maximum absolute atomic E-state index is 15.5. The van der Waals surface area contributed by atoms with Crippen LogP contribution in [-0.2, 0) is 18.9 Å². The van der Waals surface area contributed by atoms with Gasteiger partial charge in [0.15, 0.2) is 17.3 Å². The summed E-state index contributed by atoms with van der Waals surface area (Å²) in [6.45, 7) is 6.47. The van der Waals surface area contributed by atoms with Crippen molar-refractivity contribution in [3.05, 3.63) is 121 Å². The minimum absolute atomic E-state index is 0.0591. The molecule has 0 bridgehead atoms. The van der Waals surface area contributed by atoms with Crippen molar-refractivity contribution in [2.75, 3.05) is 19.8 Å².